The topological polar surface area (TPSA) is 84.9 Å². The number of hydrogen-bond acceptors (Lipinski definition) is 5. The summed E-state index contributed by atoms with van der Waals surface area (Å²) >= 11 is 0. The van der Waals surface area contributed by atoms with E-state index in [0.717, 1.165) is 13.0 Å². The van der Waals surface area contributed by atoms with Gasteiger partial charge in [0.2, 0.25) is 5.91 Å². The van der Waals surface area contributed by atoms with Gasteiger partial charge in [0.15, 0.2) is 19.0 Å². The van der Waals surface area contributed by atoms with E-state index in [1.807, 2.05) is 24.3 Å². The minimum atomic E-state index is -0.185. The molecule has 7 nitrogen and oxygen atoms in total. The second-order valence-corrected chi connectivity index (χ2v) is 8.58. The Morgan fingerprint density at radius 3 is 2.67 bits per heavy atom. The summed E-state index contributed by atoms with van der Waals surface area (Å²) in [7, 11) is 0. The minimum Gasteiger partial charge on any atom is -0.485 e. The Hall–Kier alpha value is -3.35. The number of Topliss-reactive ketones (excluding diaryl/α,β-unsaturated/α-hetero) is 1. The second kappa shape index (κ2) is 10.5. The molecule has 2 amide bonds. The first-order valence-corrected chi connectivity index (χ1v) is 11.6. The third kappa shape index (κ3) is 6.12. The van der Waals surface area contributed by atoms with Gasteiger partial charge in [-0.3, -0.25) is 14.4 Å². The monoisotopic (exact) mass is 450 g/mol. The molecular formula is C26H30N2O5. The van der Waals surface area contributed by atoms with Crippen LogP contribution in [-0.4, -0.2) is 43.9 Å². The van der Waals surface area contributed by atoms with Gasteiger partial charge in [-0.25, -0.2) is 0 Å². The van der Waals surface area contributed by atoms with Crippen LogP contribution in [0.4, 0.5) is 5.69 Å². The van der Waals surface area contributed by atoms with Crippen LogP contribution in [0, 0.1) is 5.92 Å². The van der Waals surface area contributed by atoms with Crippen LogP contribution >= 0.6 is 0 Å². The molecule has 1 saturated carbocycles. The lowest BCUT2D eigenvalue weighted by Gasteiger charge is -2.29. The van der Waals surface area contributed by atoms with E-state index in [1.165, 1.54) is 18.4 Å². The standard InChI is InChI=1S/C26H30N2O5/c1-2-18-7-10-21(11-8-18)32-16-23(29)20-9-12-24-22(14-20)28(26(31)17-33-24)13-3-4-25(30)27-15-19-5-6-19/h7-12,14,19H,2-6,13,15-17H2,1H3,(H,27,30). The van der Waals surface area contributed by atoms with Crippen molar-refractivity contribution in [2.45, 2.75) is 39.0 Å². The minimum absolute atomic E-state index is 0.0101. The van der Waals surface area contributed by atoms with Crippen LogP contribution in [0.2, 0.25) is 0 Å². The Kier molecular flexibility index (Phi) is 7.27. The summed E-state index contributed by atoms with van der Waals surface area (Å²) in [5.74, 6) is 1.47. The fourth-order valence-corrected chi connectivity index (χ4v) is 3.74. The maximum Gasteiger partial charge on any atom is 0.265 e. The molecule has 0 aromatic heterocycles. The Labute approximate surface area is 194 Å². The van der Waals surface area contributed by atoms with Gasteiger partial charge in [-0.05, 0) is 67.5 Å². The van der Waals surface area contributed by atoms with Crippen molar-refractivity contribution in [2.24, 2.45) is 5.92 Å². The highest BCUT2D eigenvalue weighted by Gasteiger charge is 2.27. The molecule has 0 saturated heterocycles. The number of amides is 2. The number of nitrogens with one attached hydrogen (secondary N) is 1. The van der Waals surface area contributed by atoms with Gasteiger partial charge in [-0.1, -0.05) is 19.1 Å². The molecular weight excluding hydrogens is 420 g/mol. The van der Waals surface area contributed by atoms with Crippen LogP contribution in [0.25, 0.3) is 0 Å². The number of carbonyl (C=O) groups is 3. The first-order valence-electron chi connectivity index (χ1n) is 11.6. The Morgan fingerprint density at radius 1 is 1.15 bits per heavy atom. The largest absolute Gasteiger partial charge is 0.485 e. The molecule has 7 heteroatoms. The molecule has 0 bridgehead atoms. The highest BCUT2D eigenvalue weighted by molar-refractivity contribution is 6.02. The number of nitrogens with zero attached hydrogens (tertiary/aromatic N) is 1. The molecule has 0 radical (unpaired) electrons. The molecule has 0 atom stereocenters. The van der Waals surface area contributed by atoms with Crippen molar-refractivity contribution in [3.05, 3.63) is 53.6 Å². The summed E-state index contributed by atoms with van der Waals surface area (Å²) in [5, 5.41) is 2.94. The lowest BCUT2D eigenvalue weighted by molar-refractivity contribution is -0.122. The van der Waals surface area contributed by atoms with E-state index in [9.17, 15) is 14.4 Å². The van der Waals surface area contributed by atoms with E-state index >= 15 is 0 Å². The predicted octanol–water partition coefficient (Wildman–Crippen LogP) is 3.54. The molecule has 0 unspecified atom stereocenters. The smallest absolute Gasteiger partial charge is 0.265 e. The van der Waals surface area contributed by atoms with Crippen LogP contribution in [0.5, 0.6) is 11.5 Å². The average Bonchev–Trinajstić information content (AvgIpc) is 3.67. The van der Waals surface area contributed by atoms with Gasteiger partial charge in [0, 0.05) is 25.1 Å². The number of carbonyl (C=O) groups excluding carboxylic acids is 3. The molecule has 1 aliphatic heterocycles. The van der Waals surface area contributed by atoms with Crippen molar-refractivity contribution in [2.75, 3.05) is 31.2 Å². The zero-order chi connectivity index (χ0) is 23.2. The van der Waals surface area contributed by atoms with Crippen LogP contribution < -0.4 is 19.7 Å². The van der Waals surface area contributed by atoms with Crippen LogP contribution in [-0.2, 0) is 16.0 Å². The van der Waals surface area contributed by atoms with Crippen molar-refractivity contribution < 1.29 is 23.9 Å². The summed E-state index contributed by atoms with van der Waals surface area (Å²) in [6.07, 6.45) is 4.22. The number of aryl methyl sites for hydroxylation is 1. The molecule has 2 aromatic rings. The quantitative estimate of drug-likeness (QED) is 0.530. The van der Waals surface area contributed by atoms with Crippen LogP contribution in [0.15, 0.2) is 42.5 Å². The summed E-state index contributed by atoms with van der Waals surface area (Å²) in [5.41, 5.74) is 2.21. The SMILES string of the molecule is CCc1ccc(OCC(=O)c2ccc3c(c2)N(CCCC(=O)NCC2CC2)C(=O)CO3)cc1. The molecule has 2 aromatic carbocycles. The maximum atomic E-state index is 12.7. The van der Waals surface area contributed by atoms with Crippen molar-refractivity contribution in [3.63, 3.8) is 0 Å². The highest BCUT2D eigenvalue weighted by atomic mass is 16.5. The normalized spacial score (nSPS) is 14.9. The predicted molar refractivity (Wildman–Crippen MR) is 125 cm³/mol. The van der Waals surface area contributed by atoms with E-state index in [0.29, 0.717) is 48.1 Å². The second-order valence-electron chi connectivity index (χ2n) is 8.58. The maximum absolute atomic E-state index is 12.7. The summed E-state index contributed by atoms with van der Waals surface area (Å²) in [6, 6.07) is 12.7. The number of ether oxygens (including phenoxy) is 2. The van der Waals surface area contributed by atoms with E-state index in [-0.39, 0.29) is 30.8 Å². The number of anilines is 1. The lowest BCUT2D eigenvalue weighted by Crippen LogP contribution is -2.40. The first-order chi connectivity index (χ1) is 16.0. The Balaban J connectivity index is 1.35. The Morgan fingerprint density at radius 2 is 1.94 bits per heavy atom. The molecule has 0 spiro atoms. The number of hydrogen-bond donors (Lipinski definition) is 1. The third-order valence-electron chi connectivity index (χ3n) is 6.00. The number of fused-ring (bicyclic) bond motifs is 1. The van der Waals surface area contributed by atoms with E-state index in [2.05, 4.69) is 12.2 Å². The number of ketones is 1. The zero-order valence-corrected chi connectivity index (χ0v) is 19.0. The van der Waals surface area contributed by atoms with Crippen LogP contribution in [0.3, 0.4) is 0 Å². The molecule has 1 N–H and O–H groups in total. The summed E-state index contributed by atoms with van der Waals surface area (Å²) in [4.78, 5) is 38.8. The van der Waals surface area contributed by atoms with Crippen molar-refractivity contribution in [1.82, 2.24) is 5.32 Å². The van der Waals surface area contributed by atoms with Gasteiger partial charge in [-0.15, -0.1) is 0 Å². The van der Waals surface area contributed by atoms with E-state index < -0.39 is 0 Å². The third-order valence-corrected chi connectivity index (χ3v) is 6.00. The molecule has 1 fully saturated rings. The average molecular weight is 451 g/mol. The molecule has 174 valence electrons. The lowest BCUT2D eigenvalue weighted by atomic mass is 10.1. The van der Waals surface area contributed by atoms with Gasteiger partial charge < -0.3 is 19.7 Å². The van der Waals surface area contributed by atoms with Crippen LogP contribution in [0.1, 0.15) is 48.5 Å². The molecule has 1 heterocycles. The van der Waals surface area contributed by atoms with Gasteiger partial charge >= 0.3 is 0 Å². The van der Waals surface area contributed by atoms with Gasteiger partial charge in [0.05, 0.1) is 5.69 Å². The molecule has 4 rings (SSSR count). The zero-order valence-electron chi connectivity index (χ0n) is 19.0. The van der Waals surface area contributed by atoms with Crippen molar-refractivity contribution in [3.8, 4) is 11.5 Å². The summed E-state index contributed by atoms with van der Waals surface area (Å²) < 4.78 is 11.2. The number of benzene rings is 2. The summed E-state index contributed by atoms with van der Waals surface area (Å²) in [6.45, 7) is 3.07. The first kappa shape index (κ1) is 22.8. The molecule has 2 aliphatic rings. The van der Waals surface area contributed by atoms with Gasteiger partial charge in [0.25, 0.3) is 5.91 Å². The van der Waals surface area contributed by atoms with E-state index in [4.69, 9.17) is 9.47 Å². The van der Waals surface area contributed by atoms with Crippen molar-refractivity contribution in [1.29, 1.82) is 0 Å². The van der Waals surface area contributed by atoms with Gasteiger partial charge in [-0.2, -0.15) is 0 Å². The van der Waals surface area contributed by atoms with Crippen molar-refractivity contribution >= 4 is 23.3 Å². The van der Waals surface area contributed by atoms with Gasteiger partial charge in [0.1, 0.15) is 11.5 Å². The molecule has 1 aliphatic carbocycles. The fraction of sp³-hybridized carbons (Fsp3) is 0.423. The fourth-order valence-electron chi connectivity index (χ4n) is 3.74. The highest BCUT2D eigenvalue weighted by Crippen LogP contribution is 2.33. The molecule has 33 heavy (non-hydrogen) atoms. The van der Waals surface area contributed by atoms with E-state index in [1.54, 1.807) is 23.1 Å². The number of rotatable bonds is 11. The Bertz CT molecular complexity index is 1010.